The second-order valence-corrected chi connectivity index (χ2v) is 13.7. The predicted octanol–water partition coefficient (Wildman–Crippen LogP) is 5.82. The van der Waals surface area contributed by atoms with Crippen molar-refractivity contribution in [3.05, 3.63) is 65.7 Å². The van der Waals surface area contributed by atoms with E-state index >= 15 is 0 Å². The Labute approximate surface area is 177 Å². The zero-order chi connectivity index (χ0) is 21.3. The van der Waals surface area contributed by atoms with Gasteiger partial charge in [-0.3, -0.25) is 0 Å². The minimum Gasteiger partial charge on any atom is -0.497 e. The number of rotatable bonds is 11. The summed E-state index contributed by atoms with van der Waals surface area (Å²) < 4.78 is 23.7. The van der Waals surface area contributed by atoms with Crippen molar-refractivity contribution >= 4 is 8.32 Å². The first kappa shape index (κ1) is 23.6. The highest BCUT2D eigenvalue weighted by Gasteiger charge is 2.37. The van der Waals surface area contributed by atoms with Crippen LogP contribution >= 0.6 is 0 Å². The van der Waals surface area contributed by atoms with Gasteiger partial charge in [0.15, 0.2) is 8.32 Å². The first-order valence-electron chi connectivity index (χ1n) is 10.2. The average molecular weight is 417 g/mol. The van der Waals surface area contributed by atoms with Gasteiger partial charge in [0.1, 0.15) is 11.9 Å². The van der Waals surface area contributed by atoms with Gasteiger partial charge in [-0.1, -0.05) is 63.2 Å². The molecule has 2 aromatic rings. The standard InChI is InChI=1S/C24H36O4Si/c1-24(2,3)29(5,6)28-19-23(18-26-16-20-10-8-7-9-11-20)27-17-21-12-14-22(25-4)15-13-21/h7-15,23H,16-19H2,1-6H3. The number of hydrogen-bond acceptors (Lipinski definition) is 4. The van der Waals surface area contributed by atoms with Crippen molar-refractivity contribution < 1.29 is 18.6 Å². The number of hydrogen-bond donors (Lipinski definition) is 0. The number of ether oxygens (including phenoxy) is 3. The van der Waals surface area contributed by atoms with E-state index in [1.807, 2.05) is 42.5 Å². The summed E-state index contributed by atoms with van der Waals surface area (Å²) in [6, 6.07) is 18.1. The molecule has 0 aliphatic rings. The van der Waals surface area contributed by atoms with E-state index in [0.717, 1.165) is 16.9 Å². The summed E-state index contributed by atoms with van der Waals surface area (Å²) in [5, 5.41) is 0.165. The van der Waals surface area contributed by atoms with Crippen LogP contribution in [0, 0.1) is 0 Å². The normalized spacial score (nSPS) is 13.3. The average Bonchev–Trinajstić information content (AvgIpc) is 2.70. The molecule has 29 heavy (non-hydrogen) atoms. The molecular formula is C24H36O4Si. The molecule has 0 spiro atoms. The predicted molar refractivity (Wildman–Crippen MR) is 121 cm³/mol. The van der Waals surface area contributed by atoms with Crippen LogP contribution in [0.15, 0.2) is 54.6 Å². The number of methoxy groups -OCH3 is 1. The van der Waals surface area contributed by atoms with E-state index in [9.17, 15) is 0 Å². The fraction of sp³-hybridized carbons (Fsp3) is 0.500. The topological polar surface area (TPSA) is 36.9 Å². The van der Waals surface area contributed by atoms with Crippen LogP contribution in [0.4, 0.5) is 0 Å². The van der Waals surface area contributed by atoms with Gasteiger partial charge in [-0.2, -0.15) is 0 Å². The van der Waals surface area contributed by atoms with Gasteiger partial charge in [-0.25, -0.2) is 0 Å². The monoisotopic (exact) mass is 416 g/mol. The van der Waals surface area contributed by atoms with Gasteiger partial charge < -0.3 is 18.6 Å². The van der Waals surface area contributed by atoms with Crippen molar-refractivity contribution in [2.45, 2.75) is 58.2 Å². The molecule has 1 atom stereocenters. The highest BCUT2D eigenvalue weighted by molar-refractivity contribution is 6.74. The molecule has 5 heteroatoms. The molecule has 0 aliphatic carbocycles. The molecule has 0 aromatic heterocycles. The van der Waals surface area contributed by atoms with Crippen molar-refractivity contribution in [2.75, 3.05) is 20.3 Å². The molecule has 2 aromatic carbocycles. The fourth-order valence-corrected chi connectivity index (χ4v) is 3.52. The van der Waals surface area contributed by atoms with Gasteiger partial charge >= 0.3 is 0 Å². The van der Waals surface area contributed by atoms with Crippen molar-refractivity contribution in [3.63, 3.8) is 0 Å². The SMILES string of the molecule is COc1ccc(COC(COCc2ccccc2)CO[Si](C)(C)C(C)(C)C)cc1. The van der Waals surface area contributed by atoms with E-state index in [2.05, 4.69) is 46.0 Å². The Kier molecular flexibility index (Phi) is 8.90. The molecule has 4 nitrogen and oxygen atoms in total. The zero-order valence-corrected chi connectivity index (χ0v) is 19.7. The maximum absolute atomic E-state index is 6.40. The third kappa shape index (κ3) is 7.94. The molecule has 0 aliphatic heterocycles. The highest BCUT2D eigenvalue weighted by atomic mass is 28.4. The van der Waals surface area contributed by atoms with E-state index in [1.165, 1.54) is 0 Å². The van der Waals surface area contributed by atoms with Crippen LogP contribution in [0.25, 0.3) is 0 Å². The second kappa shape index (κ2) is 10.9. The molecule has 0 heterocycles. The van der Waals surface area contributed by atoms with E-state index < -0.39 is 8.32 Å². The van der Waals surface area contributed by atoms with Gasteiger partial charge in [0.05, 0.1) is 33.5 Å². The van der Waals surface area contributed by atoms with Crippen molar-refractivity contribution in [1.82, 2.24) is 0 Å². The first-order valence-corrected chi connectivity index (χ1v) is 13.1. The molecule has 2 rings (SSSR count). The quantitative estimate of drug-likeness (QED) is 0.433. The summed E-state index contributed by atoms with van der Waals surface area (Å²) in [5.74, 6) is 0.845. The minimum absolute atomic E-state index is 0.116. The minimum atomic E-state index is -1.84. The summed E-state index contributed by atoms with van der Waals surface area (Å²) in [6.45, 7) is 13.4. The Morgan fingerprint density at radius 3 is 2.03 bits per heavy atom. The van der Waals surface area contributed by atoms with Gasteiger partial charge in [0.2, 0.25) is 0 Å². The Morgan fingerprint density at radius 2 is 1.45 bits per heavy atom. The van der Waals surface area contributed by atoms with Crippen molar-refractivity contribution in [2.24, 2.45) is 0 Å². The van der Waals surface area contributed by atoms with Gasteiger partial charge in [0.25, 0.3) is 0 Å². The molecule has 0 bridgehead atoms. The molecule has 160 valence electrons. The lowest BCUT2D eigenvalue weighted by Gasteiger charge is -2.37. The van der Waals surface area contributed by atoms with E-state index in [1.54, 1.807) is 7.11 Å². The van der Waals surface area contributed by atoms with Crippen LogP contribution in [0.2, 0.25) is 18.1 Å². The maximum atomic E-state index is 6.40. The molecule has 0 amide bonds. The van der Waals surface area contributed by atoms with E-state index in [-0.39, 0.29) is 11.1 Å². The van der Waals surface area contributed by atoms with Crippen molar-refractivity contribution in [1.29, 1.82) is 0 Å². The molecular weight excluding hydrogens is 380 g/mol. The smallest absolute Gasteiger partial charge is 0.192 e. The second-order valence-electron chi connectivity index (χ2n) is 8.85. The lowest BCUT2D eigenvalue weighted by molar-refractivity contribution is -0.0511. The van der Waals surface area contributed by atoms with Gasteiger partial charge in [-0.15, -0.1) is 0 Å². The number of benzene rings is 2. The van der Waals surface area contributed by atoms with E-state index in [4.69, 9.17) is 18.6 Å². The molecule has 0 radical (unpaired) electrons. The third-order valence-corrected chi connectivity index (χ3v) is 10.00. The molecule has 0 saturated heterocycles. The fourth-order valence-electron chi connectivity index (χ4n) is 2.48. The summed E-state index contributed by atoms with van der Waals surface area (Å²) >= 11 is 0. The zero-order valence-electron chi connectivity index (χ0n) is 18.7. The lowest BCUT2D eigenvalue weighted by atomic mass is 10.2. The van der Waals surface area contributed by atoms with Gasteiger partial charge in [0, 0.05) is 0 Å². The Morgan fingerprint density at radius 1 is 0.828 bits per heavy atom. The van der Waals surface area contributed by atoms with Crippen LogP contribution in [0.1, 0.15) is 31.9 Å². The molecule has 0 saturated carbocycles. The maximum Gasteiger partial charge on any atom is 0.192 e. The highest BCUT2D eigenvalue weighted by Crippen LogP contribution is 2.36. The van der Waals surface area contributed by atoms with Crippen LogP contribution in [0.5, 0.6) is 5.75 Å². The largest absolute Gasteiger partial charge is 0.497 e. The van der Waals surface area contributed by atoms with Crippen LogP contribution in [-0.2, 0) is 27.1 Å². The Hall–Kier alpha value is -1.66. The molecule has 0 fully saturated rings. The lowest BCUT2D eigenvalue weighted by Crippen LogP contribution is -2.43. The first-order chi connectivity index (χ1) is 13.7. The van der Waals surface area contributed by atoms with Crippen LogP contribution in [-0.4, -0.2) is 34.7 Å². The van der Waals surface area contributed by atoms with Crippen LogP contribution in [0.3, 0.4) is 0 Å². The summed E-state index contributed by atoms with van der Waals surface area (Å²) in [6.07, 6.45) is -0.116. The summed E-state index contributed by atoms with van der Waals surface area (Å²) in [7, 11) is -0.173. The summed E-state index contributed by atoms with van der Waals surface area (Å²) in [5.41, 5.74) is 2.26. The van der Waals surface area contributed by atoms with Gasteiger partial charge in [-0.05, 0) is 41.4 Å². The Bertz CT molecular complexity index is 708. The summed E-state index contributed by atoms with van der Waals surface area (Å²) in [4.78, 5) is 0. The van der Waals surface area contributed by atoms with Crippen LogP contribution < -0.4 is 4.74 Å². The van der Waals surface area contributed by atoms with Crippen molar-refractivity contribution in [3.8, 4) is 5.75 Å². The Balaban J connectivity index is 1.93. The molecule has 0 N–H and O–H groups in total. The van der Waals surface area contributed by atoms with E-state index in [0.29, 0.717) is 26.4 Å². The third-order valence-electron chi connectivity index (χ3n) is 5.50. The molecule has 1 unspecified atom stereocenters.